The van der Waals surface area contributed by atoms with Crippen molar-refractivity contribution in [1.29, 1.82) is 5.26 Å². The molecule has 26 heavy (non-hydrogen) atoms. The molecule has 9 heteroatoms. The number of anilines is 1. The Morgan fingerprint density at radius 2 is 2.12 bits per heavy atom. The van der Waals surface area contributed by atoms with E-state index in [-0.39, 0.29) is 29.3 Å². The number of ether oxygens (including phenoxy) is 1. The number of nitrogens with zero attached hydrogens (tertiary/aromatic N) is 3. The van der Waals surface area contributed by atoms with Crippen LogP contribution in [0, 0.1) is 11.3 Å². The van der Waals surface area contributed by atoms with Gasteiger partial charge in [-0.1, -0.05) is 6.58 Å². The van der Waals surface area contributed by atoms with Crippen molar-refractivity contribution in [3.63, 3.8) is 0 Å². The van der Waals surface area contributed by atoms with Gasteiger partial charge >= 0.3 is 6.18 Å². The predicted octanol–water partition coefficient (Wildman–Crippen LogP) is 3.50. The topological polar surface area (TPSA) is 93.9 Å². The minimum atomic E-state index is -4.76. The number of hydrogen-bond acceptors (Lipinski definition) is 5. The van der Waals surface area contributed by atoms with E-state index in [1.54, 1.807) is 6.92 Å². The van der Waals surface area contributed by atoms with Crippen LogP contribution in [0.4, 0.5) is 18.9 Å². The number of allylic oxidation sites excluding steroid dienone is 1. The van der Waals surface area contributed by atoms with Gasteiger partial charge < -0.3 is 10.5 Å². The number of benzene rings is 1. The molecule has 2 aromatic rings. The largest absolute Gasteiger partial charge is 0.492 e. The third-order valence-corrected chi connectivity index (χ3v) is 3.50. The molecule has 0 fully saturated rings. The zero-order valence-corrected chi connectivity index (χ0v) is 14.0. The SMILES string of the molecule is C=C(c1nn(-c2ccc(C#N)cc2OCC)c(C(C)=O)c1N)C(F)(F)F. The summed E-state index contributed by atoms with van der Waals surface area (Å²) in [6, 6.07) is 6.18. The van der Waals surface area contributed by atoms with Gasteiger partial charge in [0.15, 0.2) is 5.78 Å². The molecule has 0 unspecified atom stereocenters. The number of Topliss-reactive ketones (excluding diaryl/α,β-unsaturated/α-hetero) is 1. The average Bonchev–Trinajstić information content (AvgIpc) is 2.90. The Labute approximate surface area is 147 Å². The van der Waals surface area contributed by atoms with Crippen LogP contribution in [0.1, 0.15) is 35.6 Å². The molecule has 1 aromatic carbocycles. The number of rotatable bonds is 5. The van der Waals surface area contributed by atoms with Crippen LogP contribution in [0.3, 0.4) is 0 Å². The maximum atomic E-state index is 13.0. The summed E-state index contributed by atoms with van der Waals surface area (Å²) in [5, 5.41) is 12.9. The van der Waals surface area contributed by atoms with Crippen molar-refractivity contribution >= 4 is 17.0 Å². The van der Waals surface area contributed by atoms with Gasteiger partial charge in [0.1, 0.15) is 22.8 Å². The third kappa shape index (κ3) is 3.39. The summed E-state index contributed by atoms with van der Waals surface area (Å²) in [5.41, 5.74) is 3.68. The molecule has 0 saturated carbocycles. The number of aromatic nitrogens is 2. The molecule has 1 heterocycles. The van der Waals surface area contributed by atoms with E-state index in [0.717, 1.165) is 11.6 Å². The van der Waals surface area contributed by atoms with Crippen LogP contribution >= 0.6 is 0 Å². The van der Waals surface area contributed by atoms with E-state index in [9.17, 15) is 18.0 Å². The van der Waals surface area contributed by atoms with Crippen LogP contribution in [0.25, 0.3) is 11.3 Å². The van der Waals surface area contributed by atoms with Crippen molar-refractivity contribution in [1.82, 2.24) is 9.78 Å². The molecular weight excluding hydrogens is 349 g/mol. The number of nitriles is 1. The smallest absolute Gasteiger partial charge is 0.418 e. The summed E-state index contributed by atoms with van der Waals surface area (Å²) in [6.45, 7) is 6.07. The number of alkyl halides is 3. The molecule has 0 bridgehead atoms. The van der Waals surface area contributed by atoms with E-state index >= 15 is 0 Å². The summed E-state index contributed by atoms with van der Waals surface area (Å²) >= 11 is 0. The normalized spacial score (nSPS) is 11.1. The lowest BCUT2D eigenvalue weighted by atomic mass is 10.1. The second-order valence-electron chi connectivity index (χ2n) is 5.28. The maximum Gasteiger partial charge on any atom is 0.418 e. The lowest BCUT2D eigenvalue weighted by Gasteiger charge is -2.12. The maximum absolute atomic E-state index is 13.0. The molecule has 0 saturated heterocycles. The van der Waals surface area contributed by atoms with Crippen LogP contribution in [0.15, 0.2) is 24.8 Å². The van der Waals surface area contributed by atoms with E-state index in [2.05, 4.69) is 11.7 Å². The Morgan fingerprint density at radius 3 is 2.62 bits per heavy atom. The second-order valence-corrected chi connectivity index (χ2v) is 5.28. The molecule has 1 aromatic heterocycles. The lowest BCUT2D eigenvalue weighted by molar-refractivity contribution is -0.0688. The third-order valence-electron chi connectivity index (χ3n) is 3.50. The first kappa shape index (κ1) is 19.1. The minimum Gasteiger partial charge on any atom is -0.492 e. The van der Waals surface area contributed by atoms with Gasteiger partial charge in [-0.2, -0.15) is 23.5 Å². The van der Waals surface area contributed by atoms with Gasteiger partial charge in [-0.3, -0.25) is 4.79 Å². The summed E-state index contributed by atoms with van der Waals surface area (Å²) in [7, 11) is 0. The highest BCUT2D eigenvalue weighted by Crippen LogP contribution is 2.37. The van der Waals surface area contributed by atoms with E-state index in [1.807, 2.05) is 6.07 Å². The number of carbonyl (C=O) groups is 1. The van der Waals surface area contributed by atoms with Crippen LogP contribution in [-0.2, 0) is 0 Å². The number of ketones is 1. The first-order chi connectivity index (χ1) is 12.1. The Bertz CT molecular complexity index is 923. The Morgan fingerprint density at radius 1 is 1.46 bits per heavy atom. The zero-order chi connectivity index (χ0) is 19.6. The van der Waals surface area contributed by atoms with E-state index in [1.165, 1.54) is 18.2 Å². The highest BCUT2D eigenvalue weighted by molar-refractivity contribution is 6.00. The molecule has 0 amide bonds. The first-order valence-electron chi connectivity index (χ1n) is 7.45. The van der Waals surface area contributed by atoms with E-state index in [0.29, 0.717) is 0 Å². The van der Waals surface area contributed by atoms with Gasteiger partial charge in [-0.05, 0) is 19.1 Å². The van der Waals surface area contributed by atoms with Crippen LogP contribution < -0.4 is 10.5 Å². The first-order valence-corrected chi connectivity index (χ1v) is 7.45. The molecule has 136 valence electrons. The number of carbonyl (C=O) groups excluding carboxylic acids is 1. The molecule has 0 radical (unpaired) electrons. The average molecular weight is 364 g/mol. The molecule has 0 aliphatic rings. The fourth-order valence-electron chi connectivity index (χ4n) is 2.33. The monoisotopic (exact) mass is 364 g/mol. The van der Waals surface area contributed by atoms with Crippen molar-refractivity contribution in [3.8, 4) is 17.5 Å². The van der Waals surface area contributed by atoms with Crippen LogP contribution in [-0.4, -0.2) is 28.3 Å². The molecule has 6 nitrogen and oxygen atoms in total. The van der Waals surface area contributed by atoms with Crippen molar-refractivity contribution in [2.45, 2.75) is 20.0 Å². The fourth-order valence-corrected chi connectivity index (χ4v) is 2.33. The fraction of sp³-hybridized carbons (Fsp3) is 0.235. The van der Waals surface area contributed by atoms with Gasteiger partial charge in [-0.15, -0.1) is 0 Å². The standard InChI is InChI=1S/C17H15F3N4O2/c1-4-26-13-7-11(8-21)5-6-12(13)24-16(10(3)25)14(22)15(23-24)9(2)17(18,19)20/h5-7H,2,4,22H2,1,3H3. The van der Waals surface area contributed by atoms with E-state index in [4.69, 9.17) is 15.7 Å². The quantitative estimate of drug-likeness (QED) is 0.820. The lowest BCUT2D eigenvalue weighted by Crippen LogP contribution is -2.11. The van der Waals surface area contributed by atoms with Gasteiger partial charge in [0.2, 0.25) is 0 Å². The molecule has 0 aliphatic heterocycles. The van der Waals surface area contributed by atoms with Crippen molar-refractivity contribution in [2.24, 2.45) is 0 Å². The summed E-state index contributed by atoms with van der Waals surface area (Å²) in [5.74, 6) is -0.399. The summed E-state index contributed by atoms with van der Waals surface area (Å²) in [6.07, 6.45) is -4.76. The van der Waals surface area contributed by atoms with Gasteiger partial charge in [0.25, 0.3) is 0 Å². The minimum absolute atomic E-state index is 0.181. The van der Waals surface area contributed by atoms with Gasteiger partial charge in [0.05, 0.1) is 29.5 Å². The predicted molar refractivity (Wildman–Crippen MR) is 89.0 cm³/mol. The number of hydrogen-bond donors (Lipinski definition) is 1. The van der Waals surface area contributed by atoms with Gasteiger partial charge in [0, 0.05) is 13.0 Å². The highest BCUT2D eigenvalue weighted by atomic mass is 19.4. The molecule has 0 aliphatic carbocycles. The number of nitrogen functional groups attached to an aromatic ring is 1. The number of halogens is 3. The Kier molecular flexibility index (Phi) is 5.07. The molecule has 2 rings (SSSR count). The zero-order valence-electron chi connectivity index (χ0n) is 14.0. The van der Waals surface area contributed by atoms with Crippen molar-refractivity contribution < 1.29 is 22.7 Å². The summed E-state index contributed by atoms with van der Waals surface area (Å²) in [4.78, 5) is 12.0. The highest BCUT2D eigenvalue weighted by Gasteiger charge is 2.37. The van der Waals surface area contributed by atoms with Crippen LogP contribution in [0.5, 0.6) is 5.75 Å². The van der Waals surface area contributed by atoms with Crippen molar-refractivity contribution in [2.75, 3.05) is 12.3 Å². The summed E-state index contributed by atoms with van der Waals surface area (Å²) < 4.78 is 45.4. The molecule has 0 spiro atoms. The van der Waals surface area contributed by atoms with Crippen LogP contribution in [0.2, 0.25) is 0 Å². The molecular formula is C17H15F3N4O2. The number of nitrogens with two attached hydrogens (primary N) is 1. The molecule has 0 atom stereocenters. The Balaban J connectivity index is 2.77. The second kappa shape index (κ2) is 6.92. The molecule has 2 N–H and O–H groups in total. The van der Waals surface area contributed by atoms with Crippen molar-refractivity contribution in [3.05, 3.63) is 41.7 Å². The van der Waals surface area contributed by atoms with Gasteiger partial charge in [-0.25, -0.2) is 4.68 Å². The Hall–Kier alpha value is -3.28. The van der Waals surface area contributed by atoms with E-state index < -0.39 is 28.9 Å².